The van der Waals surface area contributed by atoms with E-state index in [0.29, 0.717) is 0 Å². The SMILES string of the molecule is Cc1ccc(NC(=O)C2CCCN2C)c(C)c1.Cl. The van der Waals surface area contributed by atoms with Crippen LogP contribution in [0.4, 0.5) is 5.69 Å². The van der Waals surface area contributed by atoms with E-state index in [1.165, 1.54) is 5.56 Å². The van der Waals surface area contributed by atoms with Gasteiger partial charge in [0.05, 0.1) is 6.04 Å². The van der Waals surface area contributed by atoms with Gasteiger partial charge in [-0.2, -0.15) is 0 Å². The number of aryl methyl sites for hydroxylation is 2. The van der Waals surface area contributed by atoms with Crippen LogP contribution < -0.4 is 5.32 Å². The molecule has 1 atom stereocenters. The fourth-order valence-electron chi connectivity index (χ4n) is 2.41. The Hall–Kier alpha value is -1.06. The summed E-state index contributed by atoms with van der Waals surface area (Å²) >= 11 is 0. The lowest BCUT2D eigenvalue weighted by Crippen LogP contribution is -2.37. The van der Waals surface area contributed by atoms with E-state index in [-0.39, 0.29) is 24.4 Å². The highest BCUT2D eigenvalue weighted by Crippen LogP contribution is 2.20. The fraction of sp³-hybridized carbons (Fsp3) is 0.500. The number of likely N-dealkylation sites (N-methyl/N-ethyl adjacent to an activating group) is 1. The number of amides is 1. The third kappa shape index (κ3) is 3.24. The maximum absolute atomic E-state index is 12.1. The Balaban J connectivity index is 0.00000162. The summed E-state index contributed by atoms with van der Waals surface area (Å²) in [6.07, 6.45) is 2.08. The van der Waals surface area contributed by atoms with E-state index in [1.54, 1.807) is 0 Å². The zero-order valence-corrected chi connectivity index (χ0v) is 12.0. The predicted octanol–water partition coefficient (Wildman–Crippen LogP) is 2.76. The van der Waals surface area contributed by atoms with Crippen molar-refractivity contribution in [1.29, 1.82) is 0 Å². The molecule has 3 nitrogen and oxygen atoms in total. The van der Waals surface area contributed by atoms with Crippen LogP contribution in [0.15, 0.2) is 18.2 Å². The number of halogens is 1. The quantitative estimate of drug-likeness (QED) is 0.895. The van der Waals surface area contributed by atoms with Crippen molar-refractivity contribution in [2.24, 2.45) is 0 Å². The number of carbonyl (C=O) groups is 1. The number of nitrogens with one attached hydrogen (secondary N) is 1. The second-order valence-electron chi connectivity index (χ2n) is 4.95. The molecule has 1 saturated heterocycles. The lowest BCUT2D eigenvalue weighted by Gasteiger charge is -2.19. The van der Waals surface area contributed by atoms with Crippen molar-refractivity contribution in [1.82, 2.24) is 4.90 Å². The molecular formula is C14H21ClN2O. The summed E-state index contributed by atoms with van der Waals surface area (Å²) in [5.74, 6) is 0.122. The highest BCUT2D eigenvalue weighted by molar-refractivity contribution is 5.95. The number of carbonyl (C=O) groups excluding carboxylic acids is 1. The summed E-state index contributed by atoms with van der Waals surface area (Å²) in [7, 11) is 2.01. The van der Waals surface area contributed by atoms with Crippen LogP contribution in [0.25, 0.3) is 0 Å². The second kappa shape index (κ2) is 6.21. The number of nitrogens with zero attached hydrogens (tertiary/aromatic N) is 1. The van der Waals surface area contributed by atoms with E-state index in [1.807, 2.05) is 26.1 Å². The molecule has 100 valence electrons. The Morgan fingerprint density at radius 1 is 1.39 bits per heavy atom. The number of anilines is 1. The molecule has 1 aliphatic rings. The molecule has 0 bridgehead atoms. The van der Waals surface area contributed by atoms with Crippen molar-refractivity contribution in [2.75, 3.05) is 18.9 Å². The lowest BCUT2D eigenvalue weighted by atomic mass is 10.1. The summed E-state index contributed by atoms with van der Waals surface area (Å²) in [6.45, 7) is 5.11. The Labute approximate surface area is 115 Å². The second-order valence-corrected chi connectivity index (χ2v) is 4.95. The molecule has 0 radical (unpaired) electrons. The van der Waals surface area contributed by atoms with Gasteiger partial charge < -0.3 is 5.32 Å². The van der Waals surface area contributed by atoms with Crippen LogP contribution in [0, 0.1) is 13.8 Å². The number of hydrogen-bond donors (Lipinski definition) is 1. The van der Waals surface area contributed by atoms with Gasteiger partial charge in [-0.3, -0.25) is 9.69 Å². The highest BCUT2D eigenvalue weighted by Gasteiger charge is 2.27. The molecule has 1 fully saturated rings. The average molecular weight is 269 g/mol. The molecule has 1 aromatic rings. The normalized spacial score (nSPS) is 19.4. The standard InChI is InChI=1S/C14H20N2O.ClH/c1-10-6-7-12(11(2)9-10)15-14(17)13-5-4-8-16(13)3;/h6-7,9,13H,4-5,8H2,1-3H3,(H,15,17);1H. The van der Waals surface area contributed by atoms with Crippen molar-refractivity contribution in [3.63, 3.8) is 0 Å². The molecule has 0 aliphatic carbocycles. The first-order valence-electron chi connectivity index (χ1n) is 6.16. The summed E-state index contributed by atoms with van der Waals surface area (Å²) < 4.78 is 0. The first-order chi connectivity index (χ1) is 8.08. The maximum Gasteiger partial charge on any atom is 0.241 e. The van der Waals surface area contributed by atoms with Crippen molar-refractivity contribution < 1.29 is 4.79 Å². The zero-order chi connectivity index (χ0) is 12.4. The third-order valence-corrected chi connectivity index (χ3v) is 3.46. The van der Waals surface area contributed by atoms with Gasteiger partial charge in [0.15, 0.2) is 0 Å². The Morgan fingerprint density at radius 3 is 2.67 bits per heavy atom. The number of likely N-dealkylation sites (tertiary alicyclic amines) is 1. The molecule has 1 heterocycles. The lowest BCUT2D eigenvalue weighted by molar-refractivity contribution is -0.119. The van der Waals surface area contributed by atoms with Crippen molar-refractivity contribution in [3.8, 4) is 0 Å². The molecule has 4 heteroatoms. The van der Waals surface area contributed by atoms with E-state index in [9.17, 15) is 4.79 Å². The van der Waals surface area contributed by atoms with Crippen LogP contribution >= 0.6 is 12.4 Å². The Morgan fingerprint density at radius 2 is 2.11 bits per heavy atom. The van der Waals surface area contributed by atoms with E-state index in [0.717, 1.165) is 30.6 Å². The molecule has 1 amide bonds. The molecule has 1 aliphatic heterocycles. The maximum atomic E-state index is 12.1. The van der Waals surface area contributed by atoms with Gasteiger partial charge in [0.1, 0.15) is 0 Å². The number of hydrogen-bond acceptors (Lipinski definition) is 2. The van der Waals surface area contributed by atoms with Gasteiger partial charge in [-0.1, -0.05) is 17.7 Å². The molecule has 18 heavy (non-hydrogen) atoms. The monoisotopic (exact) mass is 268 g/mol. The highest BCUT2D eigenvalue weighted by atomic mass is 35.5. The summed E-state index contributed by atoms with van der Waals surface area (Å²) in [6, 6.07) is 6.14. The smallest absolute Gasteiger partial charge is 0.241 e. The van der Waals surface area contributed by atoms with Gasteiger partial charge in [0.2, 0.25) is 5.91 Å². The van der Waals surface area contributed by atoms with Gasteiger partial charge >= 0.3 is 0 Å². The minimum atomic E-state index is 0. The van der Waals surface area contributed by atoms with Crippen LogP contribution in [0.3, 0.4) is 0 Å². The van der Waals surface area contributed by atoms with Gasteiger partial charge in [-0.05, 0) is 51.9 Å². The molecular weight excluding hydrogens is 248 g/mol. The number of benzene rings is 1. The minimum Gasteiger partial charge on any atom is -0.324 e. The fourth-order valence-corrected chi connectivity index (χ4v) is 2.41. The molecule has 0 spiro atoms. The summed E-state index contributed by atoms with van der Waals surface area (Å²) in [5.41, 5.74) is 3.28. The molecule has 1 aromatic carbocycles. The Bertz CT molecular complexity index is 434. The zero-order valence-electron chi connectivity index (χ0n) is 11.2. The van der Waals surface area contributed by atoms with Gasteiger partial charge in [-0.15, -0.1) is 12.4 Å². The van der Waals surface area contributed by atoms with Crippen molar-refractivity contribution in [3.05, 3.63) is 29.3 Å². The topological polar surface area (TPSA) is 32.3 Å². The third-order valence-electron chi connectivity index (χ3n) is 3.46. The van der Waals surface area contributed by atoms with Crippen molar-refractivity contribution >= 4 is 24.0 Å². The molecule has 0 aromatic heterocycles. The van der Waals surface area contributed by atoms with Crippen molar-refractivity contribution in [2.45, 2.75) is 32.7 Å². The summed E-state index contributed by atoms with van der Waals surface area (Å²) in [5, 5.41) is 3.03. The average Bonchev–Trinajstić information content (AvgIpc) is 2.68. The van der Waals surface area contributed by atoms with E-state index >= 15 is 0 Å². The minimum absolute atomic E-state index is 0. The first kappa shape index (κ1) is 15.0. The molecule has 0 saturated carbocycles. The first-order valence-corrected chi connectivity index (χ1v) is 6.16. The molecule has 1 N–H and O–H groups in total. The van der Waals surface area contributed by atoms with Crippen LogP contribution in [-0.4, -0.2) is 30.4 Å². The Kier molecular flexibility index (Phi) is 5.17. The molecule has 1 unspecified atom stereocenters. The van der Waals surface area contributed by atoms with E-state index in [2.05, 4.69) is 23.2 Å². The van der Waals surface area contributed by atoms with E-state index < -0.39 is 0 Å². The summed E-state index contributed by atoms with van der Waals surface area (Å²) in [4.78, 5) is 14.2. The van der Waals surface area contributed by atoms with Crippen LogP contribution in [0.2, 0.25) is 0 Å². The predicted molar refractivity (Wildman–Crippen MR) is 77.4 cm³/mol. The number of rotatable bonds is 2. The van der Waals surface area contributed by atoms with Gasteiger partial charge in [0, 0.05) is 5.69 Å². The van der Waals surface area contributed by atoms with Crippen LogP contribution in [0.5, 0.6) is 0 Å². The van der Waals surface area contributed by atoms with E-state index in [4.69, 9.17) is 0 Å². The largest absolute Gasteiger partial charge is 0.324 e. The van der Waals surface area contributed by atoms with Crippen LogP contribution in [0.1, 0.15) is 24.0 Å². The molecule has 2 rings (SSSR count). The van der Waals surface area contributed by atoms with Crippen LogP contribution in [-0.2, 0) is 4.79 Å². The van der Waals surface area contributed by atoms with Gasteiger partial charge in [-0.25, -0.2) is 0 Å². The van der Waals surface area contributed by atoms with Gasteiger partial charge in [0.25, 0.3) is 0 Å².